The van der Waals surface area contributed by atoms with Gasteiger partial charge in [0.1, 0.15) is 0 Å². The maximum absolute atomic E-state index is 11.7. The molecule has 0 bridgehead atoms. The summed E-state index contributed by atoms with van der Waals surface area (Å²) >= 11 is 0. The SMILES string of the molecule is O=C1CCC2CN(Cc3nnc(N4CCCC4)o3)CCN12. The zero-order valence-electron chi connectivity index (χ0n) is 12.2. The number of nitrogens with zero attached hydrogens (tertiary/aromatic N) is 5. The van der Waals surface area contributed by atoms with Crippen LogP contribution in [0.15, 0.2) is 4.42 Å². The van der Waals surface area contributed by atoms with E-state index in [1.165, 1.54) is 12.8 Å². The van der Waals surface area contributed by atoms with Crippen molar-refractivity contribution >= 4 is 11.9 Å². The molecule has 1 atom stereocenters. The molecule has 0 aliphatic carbocycles. The van der Waals surface area contributed by atoms with Crippen molar-refractivity contribution in [2.24, 2.45) is 0 Å². The molecule has 1 unspecified atom stereocenters. The Morgan fingerprint density at radius 3 is 2.86 bits per heavy atom. The fourth-order valence-electron chi connectivity index (χ4n) is 3.61. The van der Waals surface area contributed by atoms with Gasteiger partial charge in [-0.1, -0.05) is 5.10 Å². The maximum atomic E-state index is 11.7. The number of carbonyl (C=O) groups is 1. The highest BCUT2D eigenvalue weighted by Crippen LogP contribution is 2.24. The molecule has 0 N–H and O–H groups in total. The Morgan fingerprint density at radius 1 is 1.14 bits per heavy atom. The lowest BCUT2D eigenvalue weighted by Crippen LogP contribution is -2.50. The summed E-state index contributed by atoms with van der Waals surface area (Å²) in [6.45, 7) is 5.38. The quantitative estimate of drug-likeness (QED) is 0.807. The third kappa shape index (κ3) is 2.50. The van der Waals surface area contributed by atoms with Crippen LogP contribution in [0.2, 0.25) is 0 Å². The molecule has 1 aromatic rings. The zero-order valence-corrected chi connectivity index (χ0v) is 12.2. The standard InChI is InChI=1S/C14H21N5O2/c20-13-4-3-11-9-17(7-8-19(11)13)10-12-15-16-14(21-12)18-5-1-2-6-18/h11H,1-10H2. The molecular formula is C14H21N5O2. The van der Waals surface area contributed by atoms with Gasteiger partial charge in [0.2, 0.25) is 11.8 Å². The van der Waals surface area contributed by atoms with E-state index in [1.807, 2.05) is 4.90 Å². The van der Waals surface area contributed by atoms with E-state index in [2.05, 4.69) is 20.0 Å². The van der Waals surface area contributed by atoms with Crippen molar-refractivity contribution < 1.29 is 9.21 Å². The molecule has 4 rings (SSSR count). The van der Waals surface area contributed by atoms with Crippen LogP contribution in [0.5, 0.6) is 0 Å². The number of hydrogen-bond donors (Lipinski definition) is 0. The maximum Gasteiger partial charge on any atom is 0.318 e. The minimum absolute atomic E-state index is 0.314. The lowest BCUT2D eigenvalue weighted by molar-refractivity contribution is -0.130. The van der Waals surface area contributed by atoms with Gasteiger partial charge in [0, 0.05) is 45.2 Å². The highest BCUT2D eigenvalue weighted by atomic mass is 16.4. The fourth-order valence-corrected chi connectivity index (χ4v) is 3.61. The average molecular weight is 291 g/mol. The number of amides is 1. The summed E-state index contributed by atoms with van der Waals surface area (Å²) in [4.78, 5) is 18.2. The first kappa shape index (κ1) is 13.1. The van der Waals surface area contributed by atoms with Crippen molar-refractivity contribution in [3.8, 4) is 0 Å². The second-order valence-electron chi connectivity index (χ2n) is 6.19. The molecule has 7 nitrogen and oxygen atoms in total. The van der Waals surface area contributed by atoms with Crippen LogP contribution in [-0.4, -0.2) is 64.7 Å². The van der Waals surface area contributed by atoms with Crippen molar-refractivity contribution in [3.05, 3.63) is 5.89 Å². The second-order valence-corrected chi connectivity index (χ2v) is 6.19. The van der Waals surface area contributed by atoms with E-state index in [1.54, 1.807) is 0 Å². The Balaban J connectivity index is 1.37. The van der Waals surface area contributed by atoms with Gasteiger partial charge in [-0.25, -0.2) is 0 Å². The monoisotopic (exact) mass is 291 g/mol. The average Bonchev–Trinajstić information content (AvgIpc) is 3.20. The normalized spacial score (nSPS) is 26.7. The molecule has 0 radical (unpaired) electrons. The minimum Gasteiger partial charge on any atom is -0.407 e. The molecule has 0 aromatic carbocycles. The van der Waals surface area contributed by atoms with E-state index < -0.39 is 0 Å². The minimum atomic E-state index is 0.314. The molecule has 21 heavy (non-hydrogen) atoms. The highest BCUT2D eigenvalue weighted by molar-refractivity contribution is 5.78. The molecule has 0 spiro atoms. The molecular weight excluding hydrogens is 270 g/mol. The highest BCUT2D eigenvalue weighted by Gasteiger charge is 2.35. The van der Waals surface area contributed by atoms with Crippen molar-refractivity contribution in [1.82, 2.24) is 20.0 Å². The summed E-state index contributed by atoms with van der Waals surface area (Å²) in [5.74, 6) is 1.00. The first-order valence-electron chi connectivity index (χ1n) is 7.89. The zero-order chi connectivity index (χ0) is 14.2. The molecule has 0 saturated carbocycles. The Labute approximate surface area is 123 Å². The van der Waals surface area contributed by atoms with Gasteiger partial charge in [0.25, 0.3) is 0 Å². The van der Waals surface area contributed by atoms with Crippen LogP contribution in [0.1, 0.15) is 31.6 Å². The molecule has 4 heterocycles. The molecule has 1 amide bonds. The van der Waals surface area contributed by atoms with Crippen LogP contribution in [0, 0.1) is 0 Å². The molecule has 3 aliphatic heterocycles. The van der Waals surface area contributed by atoms with E-state index in [0.717, 1.165) is 39.1 Å². The summed E-state index contributed by atoms with van der Waals surface area (Å²) in [5.41, 5.74) is 0. The lowest BCUT2D eigenvalue weighted by atomic mass is 10.1. The predicted molar refractivity (Wildman–Crippen MR) is 75.8 cm³/mol. The van der Waals surface area contributed by atoms with Crippen LogP contribution >= 0.6 is 0 Å². The van der Waals surface area contributed by atoms with Crippen molar-refractivity contribution in [1.29, 1.82) is 0 Å². The van der Waals surface area contributed by atoms with Crippen molar-refractivity contribution in [2.75, 3.05) is 37.6 Å². The van der Waals surface area contributed by atoms with Crippen molar-refractivity contribution in [2.45, 2.75) is 38.3 Å². The van der Waals surface area contributed by atoms with Gasteiger partial charge >= 0.3 is 6.01 Å². The lowest BCUT2D eigenvalue weighted by Gasteiger charge is -2.36. The number of hydrogen-bond acceptors (Lipinski definition) is 6. The third-order valence-corrected chi connectivity index (χ3v) is 4.77. The molecule has 1 aromatic heterocycles. The predicted octanol–water partition coefficient (Wildman–Crippen LogP) is 0.476. The van der Waals surface area contributed by atoms with Crippen LogP contribution in [-0.2, 0) is 11.3 Å². The number of fused-ring (bicyclic) bond motifs is 1. The Morgan fingerprint density at radius 2 is 2.00 bits per heavy atom. The van der Waals surface area contributed by atoms with Gasteiger partial charge in [0.05, 0.1) is 6.54 Å². The first-order valence-corrected chi connectivity index (χ1v) is 7.89. The van der Waals surface area contributed by atoms with E-state index >= 15 is 0 Å². The third-order valence-electron chi connectivity index (χ3n) is 4.77. The summed E-state index contributed by atoms with van der Waals surface area (Å²) < 4.78 is 5.78. The topological polar surface area (TPSA) is 65.7 Å². The number of aromatic nitrogens is 2. The summed E-state index contributed by atoms with van der Waals surface area (Å²) in [6.07, 6.45) is 4.10. The Bertz CT molecular complexity index is 525. The van der Waals surface area contributed by atoms with E-state index in [-0.39, 0.29) is 0 Å². The smallest absolute Gasteiger partial charge is 0.318 e. The molecule has 3 fully saturated rings. The van der Waals surface area contributed by atoms with Gasteiger partial charge in [-0.3, -0.25) is 9.69 Å². The first-order chi connectivity index (χ1) is 10.3. The van der Waals surface area contributed by atoms with Gasteiger partial charge in [-0.15, -0.1) is 5.10 Å². The van der Waals surface area contributed by atoms with Crippen LogP contribution < -0.4 is 4.90 Å². The summed E-state index contributed by atoms with van der Waals surface area (Å²) in [5, 5.41) is 8.34. The second kappa shape index (κ2) is 5.29. The van der Waals surface area contributed by atoms with Crippen LogP contribution in [0.4, 0.5) is 6.01 Å². The number of rotatable bonds is 3. The largest absolute Gasteiger partial charge is 0.407 e. The van der Waals surface area contributed by atoms with Crippen LogP contribution in [0.3, 0.4) is 0 Å². The number of carbonyl (C=O) groups excluding carboxylic acids is 1. The molecule has 114 valence electrons. The van der Waals surface area contributed by atoms with Crippen molar-refractivity contribution in [3.63, 3.8) is 0 Å². The molecule has 3 aliphatic rings. The Kier molecular flexibility index (Phi) is 3.29. The van der Waals surface area contributed by atoms with E-state index in [9.17, 15) is 4.79 Å². The molecule has 7 heteroatoms. The van der Waals surface area contributed by atoms with Gasteiger partial charge in [-0.05, 0) is 19.3 Å². The summed E-state index contributed by atoms with van der Waals surface area (Å²) in [7, 11) is 0. The fraction of sp³-hybridized carbons (Fsp3) is 0.786. The summed E-state index contributed by atoms with van der Waals surface area (Å²) in [6, 6.07) is 1.05. The Hall–Kier alpha value is -1.63. The number of anilines is 1. The number of piperazine rings is 1. The van der Waals surface area contributed by atoms with Gasteiger partial charge in [0.15, 0.2) is 0 Å². The molecule has 3 saturated heterocycles. The van der Waals surface area contributed by atoms with E-state index in [0.29, 0.717) is 36.8 Å². The van der Waals surface area contributed by atoms with Gasteiger partial charge in [-0.2, -0.15) is 0 Å². The van der Waals surface area contributed by atoms with Gasteiger partial charge < -0.3 is 14.2 Å². The van der Waals surface area contributed by atoms with E-state index in [4.69, 9.17) is 4.42 Å². The van der Waals surface area contributed by atoms with Crippen LogP contribution in [0.25, 0.3) is 0 Å².